The molecule has 5 heteroatoms. The summed E-state index contributed by atoms with van der Waals surface area (Å²) in [5.74, 6) is -1.17. The predicted octanol–water partition coefficient (Wildman–Crippen LogP) is 3.37. The zero-order valence-electron chi connectivity index (χ0n) is 13.7. The van der Waals surface area contributed by atoms with Crippen LogP contribution in [0.15, 0.2) is 0 Å². The van der Waals surface area contributed by atoms with Gasteiger partial charge in [0.1, 0.15) is 0 Å². The Kier molecular flexibility index (Phi) is 13.6. The van der Waals surface area contributed by atoms with Gasteiger partial charge in [0.15, 0.2) is 0 Å². The van der Waals surface area contributed by atoms with Crippen LogP contribution in [0.4, 0.5) is 0 Å². The van der Waals surface area contributed by atoms with Crippen molar-refractivity contribution in [2.24, 2.45) is 0 Å². The topological polar surface area (TPSA) is 83.5 Å². The van der Waals surface area contributed by atoms with Crippen LogP contribution < -0.4 is 5.32 Å². The Morgan fingerprint density at radius 3 is 2.00 bits per heavy atom. The minimum Gasteiger partial charge on any atom is -0.481 e. The van der Waals surface area contributed by atoms with Gasteiger partial charge in [-0.2, -0.15) is 0 Å². The average molecular weight is 312 g/mol. The Balaban J connectivity index is 3.51. The number of amides is 1. The second-order valence-corrected chi connectivity index (χ2v) is 5.75. The van der Waals surface area contributed by atoms with Gasteiger partial charge in [-0.05, 0) is 12.8 Å². The largest absolute Gasteiger partial charge is 0.481 e. The highest BCUT2D eigenvalue weighted by atomic mass is 16.4. The normalized spacial score (nSPS) is 11.9. The molecule has 127 valence electrons. The second-order valence-electron chi connectivity index (χ2n) is 5.75. The third kappa shape index (κ3) is 13.6. The molecule has 22 heavy (non-hydrogen) atoms. The number of aliphatic carboxylic acids is 1. The van der Waals surface area contributed by atoms with Gasteiger partial charge >= 0.3 is 5.97 Å². The zero-order chi connectivity index (χ0) is 16.6. The van der Waals surface area contributed by atoms with Gasteiger partial charge < -0.3 is 10.4 Å². The molecule has 1 radical (unpaired) electrons. The fourth-order valence-electron chi connectivity index (χ4n) is 2.29. The van der Waals surface area contributed by atoms with Gasteiger partial charge in [0.05, 0.1) is 6.04 Å². The first-order valence-electron chi connectivity index (χ1n) is 8.49. The maximum atomic E-state index is 11.6. The zero-order valence-corrected chi connectivity index (χ0v) is 13.7. The number of hydrogen-bond donors (Lipinski definition) is 2. The summed E-state index contributed by atoms with van der Waals surface area (Å²) in [5.41, 5.74) is 0. The molecule has 0 bridgehead atoms. The molecule has 0 aromatic rings. The van der Waals surface area contributed by atoms with Crippen molar-refractivity contribution >= 4 is 18.2 Å². The number of unbranched alkanes of at least 4 members (excludes halogenated alkanes) is 8. The smallest absolute Gasteiger partial charge is 0.303 e. The monoisotopic (exact) mass is 312 g/mol. The van der Waals surface area contributed by atoms with E-state index in [2.05, 4.69) is 12.2 Å². The Bertz CT molecular complexity index is 318. The quantitative estimate of drug-likeness (QED) is 0.454. The van der Waals surface area contributed by atoms with Crippen LogP contribution in [0.25, 0.3) is 0 Å². The van der Waals surface area contributed by atoms with Crippen LogP contribution in [0, 0.1) is 0 Å². The summed E-state index contributed by atoms with van der Waals surface area (Å²) < 4.78 is 0. The van der Waals surface area contributed by atoms with Crippen molar-refractivity contribution in [3.63, 3.8) is 0 Å². The number of carboxylic acid groups (broad SMARTS) is 1. The van der Waals surface area contributed by atoms with Gasteiger partial charge in [0.25, 0.3) is 0 Å². The molecule has 0 saturated heterocycles. The van der Waals surface area contributed by atoms with Crippen molar-refractivity contribution in [2.45, 2.75) is 90.0 Å². The SMILES string of the molecule is CCCCCCCCCCCC(=O)N[C@@H]([C]=O)CCC(=O)O. The molecule has 5 nitrogen and oxygen atoms in total. The van der Waals surface area contributed by atoms with E-state index >= 15 is 0 Å². The van der Waals surface area contributed by atoms with Crippen molar-refractivity contribution in [1.82, 2.24) is 5.32 Å². The molecule has 0 aliphatic heterocycles. The van der Waals surface area contributed by atoms with Gasteiger partial charge in [0.2, 0.25) is 12.2 Å². The van der Waals surface area contributed by atoms with Crippen LogP contribution in [-0.2, 0) is 14.4 Å². The van der Waals surface area contributed by atoms with Crippen LogP contribution >= 0.6 is 0 Å². The van der Waals surface area contributed by atoms with Gasteiger partial charge in [-0.1, -0.05) is 58.3 Å². The third-order valence-electron chi connectivity index (χ3n) is 3.63. The van der Waals surface area contributed by atoms with Crippen molar-refractivity contribution in [3.05, 3.63) is 0 Å². The first-order chi connectivity index (χ1) is 10.6. The summed E-state index contributed by atoms with van der Waals surface area (Å²) in [6.45, 7) is 2.21. The first kappa shape index (κ1) is 20.6. The maximum absolute atomic E-state index is 11.6. The fraction of sp³-hybridized carbons (Fsp3) is 0.824. The lowest BCUT2D eigenvalue weighted by Crippen LogP contribution is -2.36. The minimum atomic E-state index is -0.978. The average Bonchev–Trinajstić information content (AvgIpc) is 2.49. The van der Waals surface area contributed by atoms with Gasteiger partial charge in [-0.25, -0.2) is 0 Å². The Hall–Kier alpha value is -1.39. The molecule has 1 atom stereocenters. The predicted molar refractivity (Wildman–Crippen MR) is 86.3 cm³/mol. The lowest BCUT2D eigenvalue weighted by Gasteiger charge is -2.10. The number of hydrogen-bond acceptors (Lipinski definition) is 3. The molecule has 0 unspecified atom stereocenters. The highest BCUT2D eigenvalue weighted by Crippen LogP contribution is 2.10. The second kappa shape index (κ2) is 14.5. The van der Waals surface area contributed by atoms with E-state index in [0.29, 0.717) is 6.42 Å². The summed E-state index contributed by atoms with van der Waals surface area (Å²) in [4.78, 5) is 32.7. The Morgan fingerprint density at radius 1 is 0.955 bits per heavy atom. The van der Waals surface area contributed by atoms with E-state index in [1.165, 1.54) is 38.5 Å². The molecular weight excluding hydrogens is 282 g/mol. The molecule has 0 fully saturated rings. The number of nitrogens with one attached hydrogen (secondary N) is 1. The van der Waals surface area contributed by atoms with Crippen LogP contribution in [0.2, 0.25) is 0 Å². The molecule has 0 aliphatic carbocycles. The highest BCUT2D eigenvalue weighted by Gasteiger charge is 2.13. The summed E-state index contributed by atoms with van der Waals surface area (Å²) in [7, 11) is 0. The number of carbonyl (C=O) groups excluding carboxylic acids is 2. The van der Waals surface area contributed by atoms with Crippen LogP contribution in [0.3, 0.4) is 0 Å². The molecule has 0 spiro atoms. The Morgan fingerprint density at radius 2 is 1.50 bits per heavy atom. The molecule has 2 N–H and O–H groups in total. The first-order valence-corrected chi connectivity index (χ1v) is 8.49. The molecule has 0 aromatic carbocycles. The highest BCUT2D eigenvalue weighted by molar-refractivity contribution is 5.80. The maximum Gasteiger partial charge on any atom is 0.303 e. The molecule has 0 saturated carbocycles. The van der Waals surface area contributed by atoms with E-state index < -0.39 is 12.0 Å². The molecule has 0 heterocycles. The lowest BCUT2D eigenvalue weighted by atomic mass is 10.1. The summed E-state index contributed by atoms with van der Waals surface area (Å²) in [6.07, 6.45) is 12.7. The van der Waals surface area contributed by atoms with Gasteiger partial charge in [-0.15, -0.1) is 0 Å². The lowest BCUT2D eigenvalue weighted by molar-refractivity contribution is -0.137. The summed E-state index contributed by atoms with van der Waals surface area (Å²) >= 11 is 0. The van der Waals surface area contributed by atoms with E-state index in [0.717, 1.165) is 19.3 Å². The van der Waals surface area contributed by atoms with Crippen LogP contribution in [-0.4, -0.2) is 29.3 Å². The van der Waals surface area contributed by atoms with Crippen molar-refractivity contribution in [3.8, 4) is 0 Å². The molecule has 0 rings (SSSR count). The summed E-state index contributed by atoms with van der Waals surface area (Å²) in [5, 5.41) is 11.1. The summed E-state index contributed by atoms with van der Waals surface area (Å²) in [6, 6.07) is -0.804. The van der Waals surface area contributed by atoms with E-state index in [4.69, 9.17) is 5.11 Å². The number of rotatable bonds is 15. The fourth-order valence-corrected chi connectivity index (χ4v) is 2.29. The third-order valence-corrected chi connectivity index (χ3v) is 3.63. The number of carbonyl (C=O) groups is 2. The van der Waals surface area contributed by atoms with E-state index in [1.807, 2.05) is 0 Å². The van der Waals surface area contributed by atoms with Gasteiger partial charge in [-0.3, -0.25) is 14.4 Å². The molecular formula is C17H30NO4. The van der Waals surface area contributed by atoms with Crippen molar-refractivity contribution in [1.29, 1.82) is 0 Å². The number of carboxylic acids is 1. The molecule has 0 aromatic heterocycles. The van der Waals surface area contributed by atoms with Crippen molar-refractivity contribution < 1.29 is 19.5 Å². The standard InChI is InChI=1S/C17H30NO4/c1-2-3-4-5-6-7-8-9-10-11-16(20)18-15(14-19)12-13-17(21)22/h15H,2-13H2,1H3,(H,18,20)(H,21,22)/t15-/m1/s1. The van der Waals surface area contributed by atoms with E-state index in [9.17, 15) is 14.4 Å². The molecule has 1 amide bonds. The van der Waals surface area contributed by atoms with Crippen LogP contribution in [0.5, 0.6) is 0 Å². The van der Waals surface area contributed by atoms with E-state index in [1.54, 1.807) is 6.29 Å². The van der Waals surface area contributed by atoms with Crippen molar-refractivity contribution in [2.75, 3.05) is 0 Å². The molecule has 0 aliphatic rings. The van der Waals surface area contributed by atoms with Crippen LogP contribution in [0.1, 0.15) is 84.0 Å². The minimum absolute atomic E-state index is 0.0995. The van der Waals surface area contributed by atoms with E-state index in [-0.39, 0.29) is 18.7 Å². The Labute approximate surface area is 133 Å². The van der Waals surface area contributed by atoms with Gasteiger partial charge in [0, 0.05) is 12.8 Å².